The molecule has 0 aliphatic heterocycles. The van der Waals surface area contributed by atoms with Gasteiger partial charge in [-0.3, -0.25) is 14.2 Å². The highest BCUT2D eigenvalue weighted by Crippen LogP contribution is 2.33. The van der Waals surface area contributed by atoms with Gasteiger partial charge in [0.05, 0.1) is 22.4 Å². The van der Waals surface area contributed by atoms with Crippen molar-refractivity contribution < 1.29 is 4.79 Å². The number of carbonyl (C=O) groups is 1. The molecule has 1 N–H and O–H groups in total. The molecule has 34 heavy (non-hydrogen) atoms. The molecule has 5 rings (SSSR count). The molecule has 5 aromatic rings. The van der Waals surface area contributed by atoms with Crippen molar-refractivity contribution in [3.8, 4) is 11.1 Å². The first-order valence-corrected chi connectivity index (χ1v) is 12.3. The smallest absolute Gasteiger partial charge is 0.263 e. The van der Waals surface area contributed by atoms with Gasteiger partial charge in [0.25, 0.3) is 5.56 Å². The second-order valence-electron chi connectivity index (χ2n) is 7.89. The molecule has 1 atom stereocenters. The number of fused-ring (bicyclic) bond motifs is 2. The number of nitrogens with zero attached hydrogens (tertiary/aromatic N) is 2. The van der Waals surface area contributed by atoms with Crippen molar-refractivity contribution in [1.82, 2.24) is 9.55 Å². The molecule has 3 aromatic carbocycles. The number of anilines is 1. The highest BCUT2D eigenvalue weighted by atomic mass is 35.5. The number of rotatable bonds is 5. The topological polar surface area (TPSA) is 64.0 Å². The lowest BCUT2D eigenvalue weighted by molar-refractivity contribution is -0.119. The van der Waals surface area contributed by atoms with Gasteiger partial charge in [-0.2, -0.15) is 0 Å². The van der Waals surface area contributed by atoms with Gasteiger partial charge in [0.2, 0.25) is 5.91 Å². The Balaban J connectivity index is 1.56. The molecule has 0 fully saturated rings. The minimum absolute atomic E-state index is 0.251. The van der Waals surface area contributed by atoms with E-state index >= 15 is 0 Å². The number of carbonyl (C=O) groups excluding carboxylic acids is 1. The van der Waals surface area contributed by atoms with Crippen LogP contribution in [0, 0.1) is 0 Å². The summed E-state index contributed by atoms with van der Waals surface area (Å²) in [6.45, 7) is 1.85. The van der Waals surface area contributed by atoms with Crippen LogP contribution in [-0.4, -0.2) is 15.5 Å². The van der Waals surface area contributed by atoms with Gasteiger partial charge < -0.3 is 5.32 Å². The van der Waals surface area contributed by atoms with Crippen LogP contribution in [-0.2, 0) is 4.79 Å². The van der Waals surface area contributed by atoms with Crippen molar-refractivity contribution in [2.45, 2.75) is 19.4 Å². The molecule has 0 aliphatic rings. The zero-order chi connectivity index (χ0) is 23.8. The molecule has 5 nitrogen and oxygen atoms in total. The Bertz CT molecular complexity index is 1610. The van der Waals surface area contributed by atoms with Crippen molar-refractivity contribution in [1.29, 1.82) is 0 Å². The maximum atomic E-state index is 13.6. The quantitative estimate of drug-likeness (QED) is 0.274. The number of nitrogens with one attached hydrogen (secondary N) is 1. The molecule has 1 unspecified atom stereocenters. The van der Waals surface area contributed by atoms with Crippen LogP contribution in [0.1, 0.15) is 19.4 Å². The number of halogens is 2. The van der Waals surface area contributed by atoms with Crippen LogP contribution in [0.2, 0.25) is 10.0 Å². The zero-order valence-electron chi connectivity index (χ0n) is 18.1. The highest BCUT2D eigenvalue weighted by molar-refractivity contribution is 7.17. The van der Waals surface area contributed by atoms with Gasteiger partial charge >= 0.3 is 0 Å². The van der Waals surface area contributed by atoms with Gasteiger partial charge in [0.1, 0.15) is 10.9 Å². The lowest BCUT2D eigenvalue weighted by atomic mass is 10.0. The first-order valence-electron chi connectivity index (χ1n) is 10.7. The van der Waals surface area contributed by atoms with Crippen LogP contribution < -0.4 is 10.9 Å². The highest BCUT2D eigenvalue weighted by Gasteiger charge is 2.23. The monoisotopic (exact) mass is 507 g/mol. The molecule has 2 aromatic heterocycles. The van der Waals surface area contributed by atoms with Crippen LogP contribution >= 0.6 is 34.5 Å². The molecule has 8 heteroatoms. The van der Waals surface area contributed by atoms with E-state index in [-0.39, 0.29) is 11.5 Å². The molecule has 0 spiro atoms. The molecule has 1 amide bonds. The number of amides is 1. The molecule has 0 saturated carbocycles. The normalized spacial score (nSPS) is 12.2. The summed E-state index contributed by atoms with van der Waals surface area (Å²) in [5.41, 5.74) is 1.93. The predicted molar refractivity (Wildman–Crippen MR) is 141 cm³/mol. The van der Waals surface area contributed by atoms with E-state index in [1.165, 1.54) is 22.2 Å². The van der Waals surface area contributed by atoms with E-state index in [0.717, 1.165) is 21.9 Å². The van der Waals surface area contributed by atoms with Crippen molar-refractivity contribution in [3.63, 3.8) is 0 Å². The molecule has 0 saturated heterocycles. The van der Waals surface area contributed by atoms with Gasteiger partial charge in [0.15, 0.2) is 0 Å². The Labute approximate surface area is 209 Å². The van der Waals surface area contributed by atoms with E-state index in [1.54, 1.807) is 18.2 Å². The van der Waals surface area contributed by atoms with Gasteiger partial charge in [-0.05, 0) is 47.0 Å². The fourth-order valence-corrected chi connectivity index (χ4v) is 5.41. The summed E-state index contributed by atoms with van der Waals surface area (Å²) in [4.78, 5) is 31.9. The molecular formula is C26H19Cl2N3O2S. The van der Waals surface area contributed by atoms with Crippen LogP contribution in [0.4, 0.5) is 5.69 Å². The number of benzene rings is 3. The Hall–Kier alpha value is -3.19. The van der Waals surface area contributed by atoms with Crippen molar-refractivity contribution in [2.24, 2.45) is 0 Å². The second-order valence-corrected chi connectivity index (χ2v) is 9.59. The maximum absolute atomic E-state index is 13.6. The lowest BCUT2D eigenvalue weighted by Gasteiger charge is -2.18. The van der Waals surface area contributed by atoms with E-state index < -0.39 is 6.04 Å². The van der Waals surface area contributed by atoms with Gasteiger partial charge in [-0.15, -0.1) is 11.3 Å². The van der Waals surface area contributed by atoms with E-state index in [0.29, 0.717) is 32.4 Å². The summed E-state index contributed by atoms with van der Waals surface area (Å²) in [7, 11) is 0. The van der Waals surface area contributed by atoms with Gasteiger partial charge in [-0.1, -0.05) is 66.5 Å². The summed E-state index contributed by atoms with van der Waals surface area (Å²) < 4.78 is 1.40. The van der Waals surface area contributed by atoms with Crippen LogP contribution in [0.3, 0.4) is 0 Å². The van der Waals surface area contributed by atoms with E-state index in [1.807, 2.05) is 42.6 Å². The summed E-state index contributed by atoms with van der Waals surface area (Å²) in [6, 6.07) is 18.3. The minimum Gasteiger partial charge on any atom is -0.323 e. The van der Waals surface area contributed by atoms with Crippen molar-refractivity contribution in [3.05, 3.63) is 92.8 Å². The average Bonchev–Trinajstić information content (AvgIpc) is 3.27. The minimum atomic E-state index is -0.750. The number of thiophene rings is 1. The first-order chi connectivity index (χ1) is 16.5. The second kappa shape index (κ2) is 9.22. The summed E-state index contributed by atoms with van der Waals surface area (Å²) in [5, 5.41) is 8.29. The third-order valence-corrected chi connectivity index (χ3v) is 7.23. The van der Waals surface area contributed by atoms with Crippen LogP contribution in [0.5, 0.6) is 0 Å². The molecule has 0 aliphatic carbocycles. The summed E-state index contributed by atoms with van der Waals surface area (Å²) in [5.74, 6) is -0.350. The van der Waals surface area contributed by atoms with Crippen LogP contribution in [0.15, 0.2) is 77.2 Å². The molecular weight excluding hydrogens is 489 g/mol. The standard InChI is InChI=1S/C26H19Cl2N3O2S/c1-2-22(24(32)30-21-10-9-18(27)12-20(21)28)31-14-29-25-23(26(31)33)19(13-34-25)17-8-7-15-5-3-4-6-16(15)11-17/h3-14,22H,2H2,1H3,(H,30,32). The predicted octanol–water partition coefficient (Wildman–Crippen LogP) is 7.17. The number of hydrogen-bond acceptors (Lipinski definition) is 4. The Morgan fingerprint density at radius 2 is 1.88 bits per heavy atom. The lowest BCUT2D eigenvalue weighted by Crippen LogP contribution is -2.33. The number of aromatic nitrogens is 2. The molecule has 2 heterocycles. The van der Waals surface area contributed by atoms with E-state index in [9.17, 15) is 9.59 Å². The Kier molecular flexibility index (Phi) is 6.13. The Morgan fingerprint density at radius 3 is 2.65 bits per heavy atom. The SMILES string of the molecule is CCC(C(=O)Nc1ccc(Cl)cc1Cl)n1cnc2scc(-c3ccc4ccccc4c3)c2c1=O. The third-order valence-electron chi connectivity index (χ3n) is 5.79. The summed E-state index contributed by atoms with van der Waals surface area (Å²) in [6.07, 6.45) is 1.85. The Morgan fingerprint density at radius 1 is 1.09 bits per heavy atom. The zero-order valence-corrected chi connectivity index (χ0v) is 20.4. The molecule has 0 bridgehead atoms. The molecule has 170 valence electrons. The fraction of sp³-hybridized carbons (Fsp3) is 0.115. The maximum Gasteiger partial charge on any atom is 0.263 e. The van der Waals surface area contributed by atoms with E-state index in [4.69, 9.17) is 23.2 Å². The largest absolute Gasteiger partial charge is 0.323 e. The van der Waals surface area contributed by atoms with E-state index in [2.05, 4.69) is 22.4 Å². The van der Waals surface area contributed by atoms with Gasteiger partial charge in [-0.25, -0.2) is 4.98 Å². The summed E-state index contributed by atoms with van der Waals surface area (Å²) >= 11 is 13.6. The fourth-order valence-electron chi connectivity index (χ4n) is 4.05. The van der Waals surface area contributed by atoms with Crippen LogP contribution in [0.25, 0.3) is 32.1 Å². The van der Waals surface area contributed by atoms with Gasteiger partial charge in [0, 0.05) is 16.0 Å². The molecule has 0 radical (unpaired) electrons. The first kappa shape index (κ1) is 22.6. The van der Waals surface area contributed by atoms with Crippen molar-refractivity contribution in [2.75, 3.05) is 5.32 Å². The van der Waals surface area contributed by atoms with Crippen molar-refractivity contribution >= 4 is 67.1 Å². The average molecular weight is 508 g/mol. The number of hydrogen-bond donors (Lipinski definition) is 1. The third kappa shape index (κ3) is 4.09.